The maximum absolute atomic E-state index is 6.04. The largest absolute Gasteiger partial charge is 0.325 e. The van der Waals surface area contributed by atoms with Gasteiger partial charge in [-0.15, -0.1) is 0 Å². The highest BCUT2D eigenvalue weighted by Gasteiger charge is 2.18. The molecule has 62 valence electrons. The van der Waals surface area contributed by atoms with Crippen LogP contribution < -0.4 is 11.1 Å². The molecular weight excluding hydrogens is 124 g/mol. The van der Waals surface area contributed by atoms with Crippen molar-refractivity contribution in [1.82, 2.24) is 5.32 Å². The zero-order valence-corrected chi connectivity index (χ0v) is 7.41. The molecule has 0 radical (unpaired) electrons. The van der Waals surface area contributed by atoms with Gasteiger partial charge in [0.1, 0.15) is 0 Å². The van der Waals surface area contributed by atoms with Crippen molar-refractivity contribution >= 4 is 0 Å². The van der Waals surface area contributed by atoms with Crippen molar-refractivity contribution in [3.63, 3.8) is 0 Å². The highest BCUT2D eigenvalue weighted by molar-refractivity contribution is 4.80. The second kappa shape index (κ2) is 4.69. The topological polar surface area (TPSA) is 38.0 Å². The van der Waals surface area contributed by atoms with E-state index in [0.717, 1.165) is 25.8 Å². The Morgan fingerprint density at radius 3 is 2.10 bits per heavy atom. The van der Waals surface area contributed by atoms with Gasteiger partial charge in [0, 0.05) is 5.54 Å². The zero-order valence-electron chi connectivity index (χ0n) is 7.41. The first-order chi connectivity index (χ1) is 4.68. The fourth-order valence-corrected chi connectivity index (χ4v) is 0.977. The van der Waals surface area contributed by atoms with Crippen molar-refractivity contribution < 1.29 is 0 Å². The van der Waals surface area contributed by atoms with E-state index in [4.69, 9.17) is 5.73 Å². The molecule has 2 nitrogen and oxygen atoms in total. The molecule has 0 unspecified atom stereocenters. The molecule has 0 aliphatic rings. The molecule has 0 saturated heterocycles. The maximum atomic E-state index is 6.04. The number of hydrogen-bond acceptors (Lipinski definition) is 2. The third-order valence-corrected chi connectivity index (χ3v) is 2.28. The van der Waals surface area contributed by atoms with E-state index in [1.54, 1.807) is 0 Å². The van der Waals surface area contributed by atoms with Crippen molar-refractivity contribution in [2.45, 2.75) is 38.6 Å². The van der Waals surface area contributed by atoms with Gasteiger partial charge in [-0.3, -0.25) is 0 Å². The van der Waals surface area contributed by atoms with Crippen molar-refractivity contribution in [3.05, 3.63) is 0 Å². The summed E-state index contributed by atoms with van der Waals surface area (Å²) in [5, 5.41) is 3.11. The third kappa shape index (κ3) is 3.18. The molecule has 0 spiro atoms. The minimum atomic E-state index is 0.0724. The van der Waals surface area contributed by atoms with Crippen LogP contribution in [0.15, 0.2) is 0 Å². The minimum absolute atomic E-state index is 0.0724. The molecule has 0 saturated carbocycles. The normalized spacial score (nSPS) is 12.0. The van der Waals surface area contributed by atoms with Crippen LogP contribution in [-0.4, -0.2) is 19.1 Å². The summed E-state index contributed by atoms with van der Waals surface area (Å²) in [6.07, 6.45) is 3.23. The number of nitrogens with one attached hydrogen (secondary N) is 1. The van der Waals surface area contributed by atoms with Crippen molar-refractivity contribution in [3.8, 4) is 0 Å². The minimum Gasteiger partial charge on any atom is -0.325 e. The zero-order chi connectivity index (χ0) is 8.04. The van der Waals surface area contributed by atoms with Gasteiger partial charge in [0.25, 0.3) is 0 Å². The van der Waals surface area contributed by atoms with Crippen LogP contribution in [0.25, 0.3) is 0 Å². The SMILES string of the molecule is CCC(N)(CC)CCNC. The summed E-state index contributed by atoms with van der Waals surface area (Å²) >= 11 is 0. The summed E-state index contributed by atoms with van der Waals surface area (Å²) in [6.45, 7) is 5.33. The Morgan fingerprint density at radius 2 is 1.80 bits per heavy atom. The van der Waals surface area contributed by atoms with Crippen molar-refractivity contribution in [1.29, 1.82) is 0 Å². The average Bonchev–Trinajstić information content (AvgIpc) is 2.00. The molecule has 0 bridgehead atoms. The monoisotopic (exact) mass is 144 g/mol. The Kier molecular flexibility index (Phi) is 4.65. The molecule has 2 heteroatoms. The van der Waals surface area contributed by atoms with E-state index < -0.39 is 0 Å². The van der Waals surface area contributed by atoms with Crippen molar-refractivity contribution in [2.24, 2.45) is 5.73 Å². The van der Waals surface area contributed by atoms with Crippen LogP contribution in [0.3, 0.4) is 0 Å². The van der Waals surface area contributed by atoms with E-state index in [1.807, 2.05) is 7.05 Å². The summed E-state index contributed by atoms with van der Waals surface area (Å²) in [5.41, 5.74) is 6.12. The van der Waals surface area contributed by atoms with E-state index in [0.29, 0.717) is 0 Å². The van der Waals surface area contributed by atoms with Crippen LogP contribution in [0.4, 0.5) is 0 Å². The Labute approximate surface area is 64.2 Å². The summed E-state index contributed by atoms with van der Waals surface area (Å²) in [7, 11) is 1.96. The molecule has 0 fully saturated rings. The summed E-state index contributed by atoms with van der Waals surface area (Å²) in [5.74, 6) is 0. The van der Waals surface area contributed by atoms with E-state index >= 15 is 0 Å². The molecule has 0 heterocycles. The lowest BCUT2D eigenvalue weighted by Crippen LogP contribution is -2.40. The van der Waals surface area contributed by atoms with Crippen LogP contribution in [0.5, 0.6) is 0 Å². The number of nitrogens with two attached hydrogens (primary N) is 1. The van der Waals surface area contributed by atoms with Gasteiger partial charge < -0.3 is 11.1 Å². The van der Waals surface area contributed by atoms with E-state index in [9.17, 15) is 0 Å². The maximum Gasteiger partial charge on any atom is 0.0161 e. The van der Waals surface area contributed by atoms with Gasteiger partial charge >= 0.3 is 0 Å². The standard InChI is InChI=1S/C8H20N2/c1-4-8(9,5-2)6-7-10-3/h10H,4-7,9H2,1-3H3. The average molecular weight is 144 g/mol. The second-order valence-corrected chi connectivity index (χ2v) is 2.92. The molecule has 0 aromatic heterocycles. The highest BCUT2D eigenvalue weighted by atomic mass is 14.8. The lowest BCUT2D eigenvalue weighted by atomic mass is 9.90. The summed E-state index contributed by atoms with van der Waals surface area (Å²) < 4.78 is 0. The Balaban J connectivity index is 3.58. The lowest BCUT2D eigenvalue weighted by molar-refractivity contribution is 0.363. The van der Waals surface area contributed by atoms with Crippen LogP contribution in [0.2, 0.25) is 0 Å². The molecular formula is C8H20N2. The van der Waals surface area contributed by atoms with Crippen LogP contribution in [0.1, 0.15) is 33.1 Å². The molecule has 0 aromatic carbocycles. The third-order valence-electron chi connectivity index (χ3n) is 2.28. The molecule has 0 rings (SSSR count). The van der Waals surface area contributed by atoms with Crippen LogP contribution in [0, 0.1) is 0 Å². The quantitative estimate of drug-likeness (QED) is 0.606. The first-order valence-corrected chi connectivity index (χ1v) is 4.12. The molecule has 0 aromatic rings. The Hall–Kier alpha value is -0.0800. The van der Waals surface area contributed by atoms with Gasteiger partial charge in [-0.2, -0.15) is 0 Å². The van der Waals surface area contributed by atoms with Crippen molar-refractivity contribution in [2.75, 3.05) is 13.6 Å². The van der Waals surface area contributed by atoms with E-state index in [1.165, 1.54) is 0 Å². The second-order valence-electron chi connectivity index (χ2n) is 2.92. The summed E-state index contributed by atoms with van der Waals surface area (Å²) in [6, 6.07) is 0. The fraction of sp³-hybridized carbons (Fsp3) is 1.00. The lowest BCUT2D eigenvalue weighted by Gasteiger charge is -2.26. The van der Waals surface area contributed by atoms with Gasteiger partial charge in [-0.25, -0.2) is 0 Å². The Morgan fingerprint density at radius 1 is 1.30 bits per heavy atom. The molecule has 0 atom stereocenters. The Bertz CT molecular complexity index is 77.3. The smallest absolute Gasteiger partial charge is 0.0161 e. The van der Waals surface area contributed by atoms with Crippen LogP contribution in [-0.2, 0) is 0 Å². The fourth-order valence-electron chi connectivity index (χ4n) is 0.977. The molecule has 0 aliphatic carbocycles. The van der Waals surface area contributed by atoms with Gasteiger partial charge in [0.05, 0.1) is 0 Å². The molecule has 10 heavy (non-hydrogen) atoms. The highest BCUT2D eigenvalue weighted by Crippen LogP contribution is 2.14. The first kappa shape index (κ1) is 9.92. The van der Waals surface area contributed by atoms with Gasteiger partial charge in [-0.05, 0) is 32.9 Å². The molecule has 3 N–H and O–H groups in total. The van der Waals surface area contributed by atoms with Gasteiger partial charge in [-0.1, -0.05) is 13.8 Å². The summed E-state index contributed by atoms with van der Waals surface area (Å²) in [4.78, 5) is 0. The molecule has 0 aliphatic heterocycles. The van der Waals surface area contributed by atoms with Gasteiger partial charge in [0.2, 0.25) is 0 Å². The van der Waals surface area contributed by atoms with Crippen LogP contribution >= 0.6 is 0 Å². The van der Waals surface area contributed by atoms with E-state index in [2.05, 4.69) is 19.2 Å². The van der Waals surface area contributed by atoms with E-state index in [-0.39, 0.29) is 5.54 Å². The predicted molar refractivity (Wildman–Crippen MR) is 46.0 cm³/mol. The first-order valence-electron chi connectivity index (χ1n) is 4.12. The number of rotatable bonds is 5. The van der Waals surface area contributed by atoms with Gasteiger partial charge in [0.15, 0.2) is 0 Å². The number of hydrogen-bond donors (Lipinski definition) is 2. The predicted octanol–water partition coefficient (Wildman–Crippen LogP) is 1.11. The molecule has 0 amide bonds.